The van der Waals surface area contributed by atoms with Crippen LogP contribution in [0, 0.1) is 27.2 Å². The topological polar surface area (TPSA) is 120 Å². The average molecular weight is 566 g/mol. The van der Waals surface area contributed by atoms with Gasteiger partial charge in [-0.25, -0.2) is 0 Å². The van der Waals surface area contributed by atoms with Crippen molar-refractivity contribution in [3.63, 3.8) is 0 Å². The summed E-state index contributed by atoms with van der Waals surface area (Å²) in [6.07, 6.45) is 0. The molecule has 12 heteroatoms. The van der Waals surface area contributed by atoms with Crippen molar-refractivity contribution in [2.45, 2.75) is 11.8 Å². The number of rotatable bonds is 2. The largest absolute Gasteiger partial charge is 0.289 e. The lowest BCUT2D eigenvalue weighted by Gasteiger charge is -2.06. The monoisotopic (exact) mass is 564 g/mol. The molecule has 0 saturated heterocycles. The van der Waals surface area contributed by atoms with E-state index in [2.05, 4.69) is 15.9 Å². The predicted octanol–water partition coefficient (Wildman–Crippen LogP) is 5.80. The highest BCUT2D eigenvalue weighted by atomic mass is 79.9. The number of fused-ring (bicyclic) bond motifs is 1. The van der Waals surface area contributed by atoms with Crippen LogP contribution in [0.4, 0.5) is 11.4 Å². The zero-order chi connectivity index (χ0) is 23.9. The van der Waals surface area contributed by atoms with Crippen LogP contribution in [0.15, 0.2) is 38.4 Å². The summed E-state index contributed by atoms with van der Waals surface area (Å²) in [6.45, 7) is 1.72. The molecule has 0 aromatic heterocycles. The molecule has 0 amide bonds. The number of carbonyl (C=O) groups is 1. The summed E-state index contributed by atoms with van der Waals surface area (Å²) in [5.74, 6) is -0.417. The number of hydrogen-bond donors (Lipinski definition) is 0. The number of thioether (sulfide) groups is 1. The second-order valence-electron chi connectivity index (χ2n) is 7.34. The molecule has 0 N–H and O–H groups in total. The first-order valence-electron chi connectivity index (χ1n) is 9.12. The Balaban J connectivity index is 2.04. The zero-order valence-electron chi connectivity index (χ0n) is 16.2. The molecule has 0 bridgehead atoms. The van der Waals surface area contributed by atoms with Gasteiger partial charge in [-0.1, -0.05) is 35.0 Å². The molecule has 0 atom stereocenters. The minimum atomic E-state index is -0.766. The van der Waals surface area contributed by atoms with E-state index >= 15 is 0 Å². The number of aryl methyl sites for hydroxylation is 1. The second kappa shape index (κ2) is 7.36. The average Bonchev–Trinajstić information content (AvgIpc) is 3.18. The quantitative estimate of drug-likeness (QED) is 0.222. The first-order chi connectivity index (χ1) is 15.5. The molecule has 164 valence electrons. The predicted molar refractivity (Wildman–Crippen MR) is 130 cm³/mol. The number of nitrogens with zero attached hydrogens (tertiary/aromatic N) is 2. The highest BCUT2D eigenvalue weighted by Crippen LogP contribution is 2.47. The highest BCUT2D eigenvalue weighted by molar-refractivity contribution is 9.10. The van der Waals surface area contributed by atoms with Crippen molar-refractivity contribution in [2.24, 2.45) is 0 Å². The van der Waals surface area contributed by atoms with Gasteiger partial charge in [0, 0.05) is 54.4 Å². The summed E-state index contributed by atoms with van der Waals surface area (Å²) in [7, 11) is 0. The molecule has 5 rings (SSSR count). The van der Waals surface area contributed by atoms with E-state index in [1.54, 1.807) is 19.1 Å². The van der Waals surface area contributed by atoms with Gasteiger partial charge in [0.1, 0.15) is 9.50 Å². The van der Waals surface area contributed by atoms with E-state index in [1.807, 2.05) is 0 Å². The Hall–Kier alpha value is -2.79. The van der Waals surface area contributed by atoms with E-state index in [1.165, 1.54) is 6.07 Å². The van der Waals surface area contributed by atoms with E-state index in [-0.39, 0.29) is 41.2 Å². The molecular weight excluding hydrogens is 559 g/mol. The Morgan fingerprint density at radius 1 is 0.939 bits per heavy atom. The van der Waals surface area contributed by atoms with Crippen LogP contribution in [0.2, 0.25) is 10.0 Å². The first kappa shape index (κ1) is 22.0. The Kier molecular flexibility index (Phi) is 4.91. The number of halogens is 3. The normalized spacial score (nSPS) is 15.0. The van der Waals surface area contributed by atoms with Crippen molar-refractivity contribution in [3.8, 4) is 0 Å². The Morgan fingerprint density at radius 3 is 2.21 bits per heavy atom. The second-order valence-corrected chi connectivity index (χ2v) is 10.00. The molecule has 0 saturated carbocycles. The summed E-state index contributed by atoms with van der Waals surface area (Å²) in [5, 5.41) is 23.6. The molecule has 0 fully saturated rings. The Bertz CT molecular complexity index is 1730. The molecule has 1 heterocycles. The van der Waals surface area contributed by atoms with E-state index in [0.29, 0.717) is 21.0 Å². The summed E-state index contributed by atoms with van der Waals surface area (Å²) < 4.78 is -0.0865. The molecule has 8 nitrogen and oxygen atoms in total. The summed E-state index contributed by atoms with van der Waals surface area (Å²) in [4.78, 5) is 49.3. The van der Waals surface area contributed by atoms with Crippen molar-refractivity contribution in [3.05, 3.63) is 85.6 Å². The van der Waals surface area contributed by atoms with Crippen LogP contribution >= 0.6 is 50.9 Å². The minimum absolute atomic E-state index is 0.0267. The van der Waals surface area contributed by atoms with Crippen molar-refractivity contribution in [1.82, 2.24) is 0 Å². The van der Waals surface area contributed by atoms with Gasteiger partial charge in [-0.05, 0) is 40.5 Å². The van der Waals surface area contributed by atoms with E-state index in [4.69, 9.17) is 23.2 Å². The van der Waals surface area contributed by atoms with Gasteiger partial charge in [0.25, 0.3) is 11.4 Å². The molecule has 33 heavy (non-hydrogen) atoms. The zero-order valence-corrected chi connectivity index (χ0v) is 20.1. The molecule has 0 unspecified atom stereocenters. The lowest BCUT2D eigenvalue weighted by atomic mass is 10.0. The van der Waals surface area contributed by atoms with E-state index in [9.17, 15) is 29.8 Å². The Morgan fingerprint density at radius 2 is 1.58 bits per heavy atom. The number of ketones is 1. The number of carbonyl (C=O) groups excluding carboxylic acids is 1. The molecule has 0 radical (unpaired) electrons. The molecular formula is C21H7BrCl2N2O6S. The highest BCUT2D eigenvalue weighted by Gasteiger charge is 2.33. The maximum absolute atomic E-state index is 13.5. The van der Waals surface area contributed by atoms with E-state index in [0.717, 1.165) is 17.8 Å². The first-order valence-corrected chi connectivity index (χ1v) is 11.5. The summed E-state index contributed by atoms with van der Waals surface area (Å²) >= 11 is 16.6. The van der Waals surface area contributed by atoms with Crippen LogP contribution in [-0.4, -0.2) is 15.6 Å². The maximum atomic E-state index is 13.5. The maximum Gasteiger partial charge on any atom is 0.289 e. The van der Waals surface area contributed by atoms with Crippen LogP contribution < -0.4 is 10.6 Å². The summed E-state index contributed by atoms with van der Waals surface area (Å²) in [6, 6.07) is 5.46. The third kappa shape index (κ3) is 2.98. The van der Waals surface area contributed by atoms with Crippen LogP contribution in [0.1, 0.15) is 15.9 Å². The fourth-order valence-electron chi connectivity index (χ4n) is 4.17. The van der Waals surface area contributed by atoms with Gasteiger partial charge in [0.05, 0.1) is 14.8 Å². The third-order valence-corrected chi connectivity index (χ3v) is 8.05. The van der Waals surface area contributed by atoms with Gasteiger partial charge in [-0.3, -0.25) is 29.8 Å². The smallest absolute Gasteiger partial charge is 0.289 e. The number of hydrogen-bond acceptors (Lipinski definition) is 7. The SMILES string of the molecule is Cc1cc(Cl)cc2c1C(=O)/C(=c1\c(=O)c3cc([N+](=O)[O-])c(Cl)c4c(Br)c([N+](=O)[O-])cc1c43)S2. The van der Waals surface area contributed by atoms with Gasteiger partial charge < -0.3 is 0 Å². The molecule has 0 spiro atoms. The Labute approximate surface area is 205 Å². The lowest BCUT2D eigenvalue weighted by Crippen LogP contribution is -2.23. The van der Waals surface area contributed by atoms with Crippen molar-refractivity contribution in [2.75, 3.05) is 0 Å². The molecule has 4 aromatic rings. The van der Waals surface area contributed by atoms with E-state index < -0.39 is 32.4 Å². The molecule has 4 aromatic carbocycles. The number of nitro groups is 2. The van der Waals surface area contributed by atoms with Gasteiger partial charge in [0.15, 0.2) is 5.43 Å². The third-order valence-electron chi connectivity index (χ3n) is 5.51. The standard InChI is InChI=1S/C21H7BrCl2N2O6S/c1-6-2-7(23)3-12-13(6)20(28)21(33-12)15-8-4-10(25(29)30)17(22)16-14(8)9(19(15)27)5-11(18(16)24)26(31)32/h2-5H,1H3/b21-15+. The van der Waals surface area contributed by atoms with Gasteiger partial charge in [0.2, 0.25) is 5.78 Å². The van der Waals surface area contributed by atoms with Crippen molar-refractivity contribution < 1.29 is 14.6 Å². The number of Topliss-reactive ketones (excluding diaryl/α,β-unsaturated/α-hetero) is 1. The van der Waals surface area contributed by atoms with Crippen LogP contribution in [0.3, 0.4) is 0 Å². The minimum Gasteiger partial charge on any atom is -0.289 e. The fraction of sp³-hybridized carbons (Fsp3) is 0.0476. The van der Waals surface area contributed by atoms with Crippen LogP contribution in [-0.2, 0) is 0 Å². The van der Waals surface area contributed by atoms with Crippen LogP contribution in [0.5, 0.6) is 0 Å². The molecule has 1 aliphatic rings. The van der Waals surface area contributed by atoms with Crippen LogP contribution in [0.25, 0.3) is 26.5 Å². The number of nitro benzene ring substituents is 2. The van der Waals surface area contributed by atoms with Gasteiger partial charge in [-0.2, -0.15) is 0 Å². The molecule has 1 aliphatic heterocycles. The van der Waals surface area contributed by atoms with Gasteiger partial charge in [-0.15, -0.1) is 0 Å². The van der Waals surface area contributed by atoms with Crippen molar-refractivity contribution in [1.29, 1.82) is 0 Å². The fourth-order valence-corrected chi connectivity index (χ4v) is 6.85. The van der Waals surface area contributed by atoms with Crippen molar-refractivity contribution >= 4 is 94.5 Å². The molecule has 0 aliphatic carbocycles. The lowest BCUT2D eigenvalue weighted by molar-refractivity contribution is -0.385. The number of benzene rings is 3. The summed E-state index contributed by atoms with van der Waals surface area (Å²) in [5.41, 5.74) is -0.635. The van der Waals surface area contributed by atoms with Gasteiger partial charge >= 0.3 is 0 Å².